The van der Waals surface area contributed by atoms with Crippen LogP contribution in [0.25, 0.3) is 0 Å². The number of rotatable bonds is 7. The number of anilines is 1. The summed E-state index contributed by atoms with van der Waals surface area (Å²) in [5, 5.41) is 2.85. The fraction of sp³-hybridized carbons (Fsp3) is 0.136. The maximum Gasteiger partial charge on any atom is 0.262 e. The Morgan fingerprint density at radius 3 is 2.33 bits per heavy atom. The van der Waals surface area contributed by atoms with Crippen LogP contribution in [0.2, 0.25) is 0 Å². The third-order valence-electron chi connectivity index (χ3n) is 4.50. The topological polar surface area (TPSA) is 84.5 Å². The Morgan fingerprint density at radius 1 is 1.00 bits per heavy atom. The Balaban J connectivity index is 1.84. The third-order valence-corrected chi connectivity index (χ3v) is 5.86. The molecular weight excluding hydrogens is 407 g/mol. The number of hydrogen-bond donors (Lipinski definition) is 2. The van der Waals surface area contributed by atoms with Crippen molar-refractivity contribution in [2.75, 3.05) is 11.8 Å². The summed E-state index contributed by atoms with van der Waals surface area (Å²) in [7, 11) is -2.84. The first kappa shape index (κ1) is 21.3. The first-order valence-electron chi connectivity index (χ1n) is 9.13. The normalized spacial score (nSPS) is 12.1. The van der Waals surface area contributed by atoms with E-state index in [4.69, 9.17) is 4.74 Å². The smallest absolute Gasteiger partial charge is 0.262 e. The monoisotopic (exact) mass is 428 g/mol. The van der Waals surface area contributed by atoms with E-state index in [1.165, 1.54) is 31.4 Å². The quantitative estimate of drug-likeness (QED) is 0.593. The summed E-state index contributed by atoms with van der Waals surface area (Å²) in [5.74, 6) is -1.31. The molecule has 156 valence electrons. The fourth-order valence-corrected chi connectivity index (χ4v) is 3.98. The molecule has 0 aliphatic heterocycles. The highest BCUT2D eigenvalue weighted by Gasteiger charge is 2.21. The van der Waals surface area contributed by atoms with Gasteiger partial charge in [-0.2, -0.15) is 0 Å². The van der Waals surface area contributed by atoms with Crippen LogP contribution in [-0.2, 0) is 10.0 Å². The van der Waals surface area contributed by atoms with E-state index in [-0.39, 0.29) is 27.9 Å². The minimum absolute atomic E-state index is 0.0661. The number of methoxy groups -OCH3 is 1. The molecule has 0 aliphatic rings. The van der Waals surface area contributed by atoms with Crippen molar-refractivity contribution in [3.05, 3.63) is 89.7 Å². The standard InChI is InChI=1S/C22H21FN2O4S/c1-15(16-8-4-3-5-9-16)24-22(26)18-10-6-7-11-20(18)25-30(27,28)17-12-13-21(29-2)19(23)14-17/h3-15,25H,1-2H3,(H,24,26)/t15-/m0/s1. The van der Waals surface area contributed by atoms with Crippen LogP contribution in [0.1, 0.15) is 28.9 Å². The van der Waals surface area contributed by atoms with Crippen molar-refractivity contribution in [1.82, 2.24) is 5.32 Å². The summed E-state index contributed by atoms with van der Waals surface area (Å²) in [6.07, 6.45) is 0. The number of carbonyl (C=O) groups excluding carboxylic acids is 1. The number of carbonyl (C=O) groups is 1. The SMILES string of the molecule is COc1ccc(S(=O)(=O)Nc2ccccc2C(=O)N[C@@H](C)c2ccccc2)cc1F. The van der Waals surface area contributed by atoms with Gasteiger partial charge < -0.3 is 10.1 Å². The van der Waals surface area contributed by atoms with Crippen LogP contribution >= 0.6 is 0 Å². The zero-order valence-corrected chi connectivity index (χ0v) is 17.2. The molecule has 3 aromatic carbocycles. The van der Waals surface area contributed by atoms with Crippen LogP contribution in [-0.4, -0.2) is 21.4 Å². The Bertz CT molecular complexity index is 1150. The van der Waals surface area contributed by atoms with E-state index in [0.29, 0.717) is 0 Å². The van der Waals surface area contributed by atoms with Crippen molar-refractivity contribution in [2.45, 2.75) is 17.9 Å². The molecule has 0 spiro atoms. The first-order chi connectivity index (χ1) is 14.3. The molecule has 0 bridgehead atoms. The molecule has 0 unspecified atom stereocenters. The highest BCUT2D eigenvalue weighted by atomic mass is 32.2. The Kier molecular flexibility index (Phi) is 6.37. The highest BCUT2D eigenvalue weighted by molar-refractivity contribution is 7.92. The Hall–Kier alpha value is -3.39. The molecule has 30 heavy (non-hydrogen) atoms. The zero-order chi connectivity index (χ0) is 21.7. The van der Waals surface area contributed by atoms with E-state index in [9.17, 15) is 17.6 Å². The summed E-state index contributed by atoms with van der Waals surface area (Å²) in [6.45, 7) is 1.83. The lowest BCUT2D eigenvalue weighted by Gasteiger charge is -2.17. The van der Waals surface area contributed by atoms with Crippen molar-refractivity contribution in [3.8, 4) is 5.75 Å². The summed E-state index contributed by atoms with van der Waals surface area (Å²) in [5.41, 5.74) is 1.15. The molecule has 0 aromatic heterocycles. The van der Waals surface area contributed by atoms with Gasteiger partial charge in [0.2, 0.25) is 0 Å². The highest BCUT2D eigenvalue weighted by Crippen LogP contribution is 2.24. The van der Waals surface area contributed by atoms with Gasteiger partial charge in [-0.05, 0) is 42.8 Å². The Labute approximate surface area is 174 Å². The lowest BCUT2D eigenvalue weighted by molar-refractivity contribution is 0.0941. The average molecular weight is 428 g/mol. The molecule has 1 atom stereocenters. The van der Waals surface area contributed by atoms with Crippen LogP contribution in [0.5, 0.6) is 5.75 Å². The second kappa shape index (κ2) is 8.96. The van der Waals surface area contributed by atoms with E-state index in [1.807, 2.05) is 37.3 Å². The van der Waals surface area contributed by atoms with Crippen molar-refractivity contribution in [2.24, 2.45) is 0 Å². The van der Waals surface area contributed by atoms with Crippen LogP contribution in [0.15, 0.2) is 77.7 Å². The second-order valence-electron chi connectivity index (χ2n) is 6.55. The van der Waals surface area contributed by atoms with Crippen molar-refractivity contribution in [3.63, 3.8) is 0 Å². The number of hydrogen-bond acceptors (Lipinski definition) is 4. The molecular formula is C22H21FN2O4S. The molecule has 0 heterocycles. The number of benzene rings is 3. The number of ether oxygens (including phenoxy) is 1. The van der Waals surface area contributed by atoms with Gasteiger partial charge in [0.15, 0.2) is 11.6 Å². The number of amides is 1. The van der Waals surface area contributed by atoms with E-state index in [0.717, 1.165) is 11.6 Å². The first-order valence-corrected chi connectivity index (χ1v) is 10.6. The number of para-hydroxylation sites is 1. The van der Waals surface area contributed by atoms with Crippen molar-refractivity contribution < 1.29 is 22.3 Å². The predicted octanol–water partition coefficient (Wildman–Crippen LogP) is 4.13. The molecule has 0 saturated carbocycles. The molecule has 0 fully saturated rings. The molecule has 0 saturated heterocycles. The Morgan fingerprint density at radius 2 is 1.67 bits per heavy atom. The maximum atomic E-state index is 14.0. The largest absolute Gasteiger partial charge is 0.494 e. The summed E-state index contributed by atoms with van der Waals surface area (Å²) in [6, 6.07) is 18.6. The van der Waals surface area contributed by atoms with Crippen LogP contribution in [0.3, 0.4) is 0 Å². The van der Waals surface area contributed by atoms with Gasteiger partial charge in [-0.3, -0.25) is 9.52 Å². The van der Waals surface area contributed by atoms with Gasteiger partial charge >= 0.3 is 0 Å². The number of sulfonamides is 1. The zero-order valence-electron chi connectivity index (χ0n) is 16.4. The number of halogens is 1. The average Bonchev–Trinajstić information content (AvgIpc) is 2.74. The summed E-state index contributed by atoms with van der Waals surface area (Å²) >= 11 is 0. The van der Waals surface area contributed by atoms with E-state index < -0.39 is 21.7 Å². The van der Waals surface area contributed by atoms with Gasteiger partial charge in [-0.15, -0.1) is 0 Å². The van der Waals surface area contributed by atoms with Crippen LogP contribution in [0, 0.1) is 5.82 Å². The maximum absolute atomic E-state index is 14.0. The molecule has 2 N–H and O–H groups in total. The minimum Gasteiger partial charge on any atom is -0.494 e. The molecule has 1 amide bonds. The summed E-state index contributed by atoms with van der Waals surface area (Å²) < 4.78 is 46.6. The van der Waals surface area contributed by atoms with Crippen LogP contribution in [0.4, 0.5) is 10.1 Å². The molecule has 3 rings (SSSR count). The number of nitrogens with one attached hydrogen (secondary N) is 2. The molecule has 0 aliphatic carbocycles. The van der Waals surface area contributed by atoms with Gasteiger partial charge in [-0.25, -0.2) is 12.8 Å². The van der Waals surface area contributed by atoms with Gasteiger partial charge in [0.05, 0.1) is 29.3 Å². The van der Waals surface area contributed by atoms with E-state index in [1.54, 1.807) is 12.1 Å². The minimum atomic E-state index is -4.12. The fourth-order valence-electron chi connectivity index (χ4n) is 2.89. The van der Waals surface area contributed by atoms with Gasteiger partial charge in [-0.1, -0.05) is 42.5 Å². The van der Waals surface area contributed by atoms with Crippen LogP contribution < -0.4 is 14.8 Å². The van der Waals surface area contributed by atoms with E-state index >= 15 is 0 Å². The van der Waals surface area contributed by atoms with Gasteiger partial charge in [0.25, 0.3) is 15.9 Å². The molecule has 3 aromatic rings. The van der Waals surface area contributed by atoms with Crippen molar-refractivity contribution >= 4 is 21.6 Å². The molecule has 0 radical (unpaired) electrons. The lowest BCUT2D eigenvalue weighted by atomic mass is 10.1. The summed E-state index contributed by atoms with van der Waals surface area (Å²) in [4.78, 5) is 12.5. The molecule has 8 heteroatoms. The second-order valence-corrected chi connectivity index (χ2v) is 8.24. The lowest BCUT2D eigenvalue weighted by Crippen LogP contribution is -2.28. The van der Waals surface area contributed by atoms with Crippen molar-refractivity contribution in [1.29, 1.82) is 0 Å². The third kappa shape index (κ3) is 4.77. The van der Waals surface area contributed by atoms with Gasteiger partial charge in [0, 0.05) is 0 Å². The predicted molar refractivity (Wildman–Crippen MR) is 113 cm³/mol. The van der Waals surface area contributed by atoms with Gasteiger partial charge in [0.1, 0.15) is 0 Å². The molecule has 6 nitrogen and oxygen atoms in total. The van der Waals surface area contributed by atoms with E-state index in [2.05, 4.69) is 10.0 Å².